The molecule has 4 bridgehead atoms. The van der Waals surface area contributed by atoms with E-state index in [0.29, 0.717) is 35.9 Å². The topological polar surface area (TPSA) is 230 Å². The Morgan fingerprint density at radius 3 is 1.70 bits per heavy atom. The largest absolute Gasteiger partial charge is 0.418 e. The van der Waals surface area contributed by atoms with Gasteiger partial charge in [0.2, 0.25) is 11.8 Å². The quantitative estimate of drug-likeness (QED) is 0.153. The smallest absolute Gasteiger partial charge is 0.309 e. The van der Waals surface area contributed by atoms with Crippen LogP contribution < -0.4 is 10.9 Å². The van der Waals surface area contributed by atoms with E-state index in [1.54, 1.807) is 0 Å². The zero-order valence-corrected chi connectivity index (χ0v) is 23.0. The number of hydroxylamine groups is 4. The van der Waals surface area contributed by atoms with E-state index in [9.17, 15) is 42.4 Å². The summed E-state index contributed by atoms with van der Waals surface area (Å²) in [5.74, 6) is -1.65. The van der Waals surface area contributed by atoms with Crippen LogP contribution in [0.4, 0.5) is 9.59 Å². The predicted octanol–water partition coefficient (Wildman–Crippen LogP) is -2.35. The van der Waals surface area contributed by atoms with Crippen molar-refractivity contribution in [3.8, 4) is 0 Å². The van der Waals surface area contributed by atoms with E-state index >= 15 is 0 Å². The second-order valence-electron chi connectivity index (χ2n) is 9.64. The molecule has 4 atom stereocenters. The first-order chi connectivity index (χ1) is 18.5. The molecule has 224 valence electrons. The Morgan fingerprint density at radius 1 is 0.825 bits per heavy atom. The fourth-order valence-electron chi connectivity index (χ4n) is 4.66. The van der Waals surface area contributed by atoms with E-state index in [1.165, 1.54) is 32.8 Å². The monoisotopic (exact) mass is 592 g/mol. The highest BCUT2D eigenvalue weighted by atomic mass is 32.3. The van der Waals surface area contributed by atoms with E-state index in [-0.39, 0.29) is 30.8 Å². The average molecular weight is 593 g/mol. The lowest BCUT2D eigenvalue weighted by molar-refractivity contribution is -0.140. The average Bonchev–Trinajstić information content (AvgIpc) is 3.23. The molecule has 4 heterocycles. The number of amides is 8. The number of nitrogens with zero attached hydrogens (tertiary/aromatic N) is 6. The molecule has 4 N–H and O–H groups in total. The number of rotatable bonds is 4. The normalized spacial score (nSPS) is 25.2. The van der Waals surface area contributed by atoms with Gasteiger partial charge in [-0.05, 0) is 25.7 Å². The molecule has 4 aliphatic heterocycles. The summed E-state index contributed by atoms with van der Waals surface area (Å²) in [6.45, 7) is 3.03. The number of piperidine rings is 2. The zero-order chi connectivity index (χ0) is 30.1. The molecule has 20 heteroatoms. The van der Waals surface area contributed by atoms with Crippen LogP contribution in [0, 0.1) is 0 Å². The molecule has 0 aromatic rings. The first-order valence-corrected chi connectivity index (χ1v) is 13.5. The predicted molar refractivity (Wildman–Crippen MR) is 129 cm³/mol. The minimum Gasteiger partial charge on any atom is -0.309 e. The second-order valence-corrected chi connectivity index (χ2v) is 10.6. The molecule has 0 aliphatic carbocycles. The van der Waals surface area contributed by atoms with Gasteiger partial charge in [0.25, 0.3) is 11.8 Å². The summed E-state index contributed by atoms with van der Waals surface area (Å²) in [7, 11) is -2.02. The van der Waals surface area contributed by atoms with E-state index < -0.39 is 52.4 Å². The van der Waals surface area contributed by atoms with Crippen molar-refractivity contribution >= 4 is 46.1 Å². The summed E-state index contributed by atoms with van der Waals surface area (Å²) < 4.78 is 34.4. The van der Waals surface area contributed by atoms with Crippen molar-refractivity contribution < 1.29 is 51.2 Å². The van der Waals surface area contributed by atoms with Crippen molar-refractivity contribution in [2.45, 2.75) is 63.7 Å². The van der Waals surface area contributed by atoms with Crippen LogP contribution in [0.1, 0.15) is 39.5 Å². The maximum Gasteiger partial charge on any atom is 0.418 e. The first kappa shape index (κ1) is 30.8. The maximum absolute atomic E-state index is 12.1. The van der Waals surface area contributed by atoms with E-state index in [2.05, 4.69) is 15.1 Å². The first-order valence-electron chi connectivity index (χ1n) is 12.2. The third-order valence-electron chi connectivity index (χ3n) is 6.95. The fourth-order valence-corrected chi connectivity index (χ4v) is 5.05. The van der Waals surface area contributed by atoms with Crippen molar-refractivity contribution in [3.63, 3.8) is 0 Å². The molecular formula is C20H32N8O11S. The van der Waals surface area contributed by atoms with Crippen LogP contribution in [0.15, 0.2) is 0 Å². The summed E-state index contributed by atoms with van der Waals surface area (Å²) in [6, 6.07) is -3.65. The van der Waals surface area contributed by atoms with Gasteiger partial charge in [0.1, 0.15) is 12.1 Å². The summed E-state index contributed by atoms with van der Waals surface area (Å²) in [5, 5.41) is 12.8. The molecule has 0 spiro atoms. The zero-order valence-electron chi connectivity index (χ0n) is 22.2. The molecule has 0 saturated carbocycles. The molecule has 0 radical (unpaired) electrons. The number of hydrazine groups is 2. The lowest BCUT2D eigenvalue weighted by Crippen LogP contribution is -2.54. The van der Waals surface area contributed by atoms with Crippen molar-refractivity contribution in [1.29, 1.82) is 0 Å². The molecule has 4 rings (SSSR count). The third kappa shape index (κ3) is 6.69. The minimum atomic E-state index is -4.82. The standard InChI is InChI=1S/C10H16N4O7S.C10H16N4O4/c1-6(15)12(2)11-9(16)8-4-3-7-5-13(8)10(17)14(7)21-22(18,19)20;1-6(15)12(2)11-9(16)8-4-3-7-5-13(8)10(17)14(7)18/h7-8H,3-5H2,1-2H3,(H,11,16)(H,18,19,20);7-8,18H,3-5H2,1-2H3,(H,11,16)/t2*7-,8+/m11/s1. The van der Waals surface area contributed by atoms with Crippen LogP contribution in [0.3, 0.4) is 0 Å². The summed E-state index contributed by atoms with van der Waals surface area (Å²) in [6.07, 6.45) is 1.64. The van der Waals surface area contributed by atoms with Gasteiger partial charge in [0, 0.05) is 41.0 Å². The Morgan fingerprint density at radius 2 is 1.25 bits per heavy atom. The minimum absolute atomic E-state index is 0.0935. The molecule has 8 amide bonds. The van der Waals surface area contributed by atoms with Crippen LogP contribution in [-0.4, -0.2) is 135 Å². The van der Waals surface area contributed by atoms with Crippen LogP contribution in [0.25, 0.3) is 0 Å². The van der Waals surface area contributed by atoms with Gasteiger partial charge in [0.15, 0.2) is 0 Å². The highest BCUT2D eigenvalue weighted by Crippen LogP contribution is 2.31. The van der Waals surface area contributed by atoms with Gasteiger partial charge in [0.05, 0.1) is 12.1 Å². The molecule has 0 aromatic heterocycles. The van der Waals surface area contributed by atoms with E-state index in [4.69, 9.17) is 4.55 Å². The van der Waals surface area contributed by atoms with Crippen LogP contribution in [0.2, 0.25) is 0 Å². The summed E-state index contributed by atoms with van der Waals surface area (Å²) >= 11 is 0. The molecule has 4 saturated heterocycles. The Bertz CT molecular complexity index is 1180. The van der Waals surface area contributed by atoms with Crippen LogP contribution >= 0.6 is 0 Å². The summed E-state index contributed by atoms with van der Waals surface area (Å²) in [4.78, 5) is 72.4. The van der Waals surface area contributed by atoms with Gasteiger partial charge in [-0.2, -0.15) is 13.5 Å². The number of carbonyl (C=O) groups excluding carboxylic acids is 6. The van der Waals surface area contributed by atoms with Gasteiger partial charge < -0.3 is 9.80 Å². The fraction of sp³-hybridized carbons (Fsp3) is 0.700. The third-order valence-corrected chi connectivity index (χ3v) is 7.30. The SMILES string of the molecule is CC(=O)N(C)NC(=O)[C@@H]1CC[C@@H]2CN1C(=O)N2O.CC(=O)N(C)NC(=O)[C@@H]1CC[C@@H]2CN1C(=O)N2OS(=O)(=O)O. The van der Waals surface area contributed by atoms with Gasteiger partial charge in [-0.3, -0.25) is 49.8 Å². The molecule has 19 nitrogen and oxygen atoms in total. The second kappa shape index (κ2) is 11.8. The van der Waals surface area contributed by atoms with Crippen molar-refractivity contribution in [2.75, 3.05) is 27.2 Å². The Labute approximate surface area is 229 Å². The molecule has 0 aromatic carbocycles. The van der Waals surface area contributed by atoms with Crippen molar-refractivity contribution in [3.05, 3.63) is 0 Å². The number of hydrogen-bond acceptors (Lipinski definition) is 10. The summed E-state index contributed by atoms with van der Waals surface area (Å²) in [5.41, 5.74) is 4.76. The number of fused-ring (bicyclic) bond motifs is 4. The van der Waals surface area contributed by atoms with Gasteiger partial charge in [-0.1, -0.05) is 0 Å². The van der Waals surface area contributed by atoms with E-state index in [1.807, 2.05) is 0 Å². The van der Waals surface area contributed by atoms with Crippen molar-refractivity contribution in [2.24, 2.45) is 0 Å². The highest BCUT2D eigenvalue weighted by Gasteiger charge is 2.50. The number of carbonyl (C=O) groups is 6. The maximum atomic E-state index is 12.1. The van der Waals surface area contributed by atoms with E-state index in [0.717, 1.165) is 14.9 Å². The molecule has 4 fully saturated rings. The number of urea groups is 2. The lowest BCUT2D eigenvalue weighted by Gasteiger charge is -2.30. The molecule has 0 unspecified atom stereocenters. The number of hydrogen-bond donors (Lipinski definition) is 4. The number of nitrogens with one attached hydrogen (secondary N) is 2. The van der Waals surface area contributed by atoms with Gasteiger partial charge in [-0.15, -0.1) is 4.28 Å². The van der Waals surface area contributed by atoms with Crippen LogP contribution in [0.5, 0.6) is 0 Å². The molecule has 40 heavy (non-hydrogen) atoms. The Hall–Kier alpha value is -3.75. The van der Waals surface area contributed by atoms with Gasteiger partial charge in [-0.25, -0.2) is 14.7 Å². The lowest BCUT2D eigenvalue weighted by atomic mass is 10.0. The van der Waals surface area contributed by atoms with Crippen LogP contribution in [-0.2, 0) is 33.9 Å². The highest BCUT2D eigenvalue weighted by molar-refractivity contribution is 7.80. The van der Waals surface area contributed by atoms with Gasteiger partial charge >= 0.3 is 22.5 Å². The van der Waals surface area contributed by atoms with Crippen molar-refractivity contribution in [1.82, 2.24) is 40.8 Å². The Balaban J connectivity index is 0.000000225. The Kier molecular flexibility index (Phi) is 9.07. The molecular weight excluding hydrogens is 560 g/mol. The molecule has 4 aliphatic rings.